The van der Waals surface area contributed by atoms with E-state index in [9.17, 15) is 0 Å². The maximum atomic E-state index is 5.30. The van der Waals surface area contributed by atoms with E-state index in [1.165, 1.54) is 5.56 Å². The minimum atomic E-state index is 0.494. The van der Waals surface area contributed by atoms with E-state index in [-0.39, 0.29) is 0 Å². The van der Waals surface area contributed by atoms with Crippen molar-refractivity contribution in [2.24, 2.45) is 4.99 Å². The van der Waals surface area contributed by atoms with Gasteiger partial charge in [-0.1, -0.05) is 6.92 Å². The van der Waals surface area contributed by atoms with Crippen LogP contribution in [0.2, 0.25) is 0 Å². The van der Waals surface area contributed by atoms with E-state index in [1.54, 1.807) is 18.4 Å². The molecule has 0 saturated heterocycles. The lowest BCUT2D eigenvalue weighted by Crippen LogP contribution is -2.39. The van der Waals surface area contributed by atoms with Gasteiger partial charge in [0.25, 0.3) is 0 Å². The van der Waals surface area contributed by atoms with Gasteiger partial charge in [-0.05, 0) is 41.7 Å². The lowest BCUT2D eigenvalue weighted by atomic mass is 10.1. The van der Waals surface area contributed by atoms with Gasteiger partial charge >= 0.3 is 0 Å². The molecule has 0 aliphatic heterocycles. The second-order valence-electron chi connectivity index (χ2n) is 4.39. The van der Waals surface area contributed by atoms with E-state index in [1.807, 2.05) is 6.92 Å². The second kappa shape index (κ2) is 9.81. The monoisotopic (exact) mass is 283 g/mol. The highest BCUT2D eigenvalue weighted by molar-refractivity contribution is 7.07. The Morgan fingerprint density at radius 3 is 2.95 bits per heavy atom. The van der Waals surface area contributed by atoms with Crippen molar-refractivity contribution >= 4 is 17.3 Å². The number of nitrogens with zero attached hydrogens (tertiary/aromatic N) is 1. The molecule has 0 spiro atoms. The van der Waals surface area contributed by atoms with Crippen LogP contribution in [0.3, 0.4) is 0 Å². The standard InChI is InChI=1S/C14H25N3OS/c1-4-18-8-5-7-16-14(15-3)17-10-12(2)13-6-9-19-11-13/h6,9,11-12H,4-5,7-8,10H2,1-3H3,(H2,15,16,17). The van der Waals surface area contributed by atoms with E-state index in [0.717, 1.165) is 38.7 Å². The molecule has 0 saturated carbocycles. The van der Waals surface area contributed by atoms with Gasteiger partial charge in [0.1, 0.15) is 0 Å². The fraction of sp³-hybridized carbons (Fsp3) is 0.643. The van der Waals surface area contributed by atoms with E-state index < -0.39 is 0 Å². The molecule has 2 N–H and O–H groups in total. The summed E-state index contributed by atoms with van der Waals surface area (Å²) in [5.74, 6) is 1.35. The van der Waals surface area contributed by atoms with Gasteiger partial charge in [0.15, 0.2) is 5.96 Å². The van der Waals surface area contributed by atoms with Crippen molar-refractivity contribution in [1.82, 2.24) is 10.6 Å². The van der Waals surface area contributed by atoms with Gasteiger partial charge in [0.2, 0.25) is 0 Å². The lowest BCUT2D eigenvalue weighted by molar-refractivity contribution is 0.145. The summed E-state index contributed by atoms with van der Waals surface area (Å²) < 4.78 is 5.30. The first-order valence-electron chi connectivity index (χ1n) is 6.82. The van der Waals surface area contributed by atoms with E-state index >= 15 is 0 Å². The molecule has 0 amide bonds. The molecule has 0 fully saturated rings. The number of guanidine groups is 1. The average molecular weight is 283 g/mol. The first-order valence-corrected chi connectivity index (χ1v) is 7.76. The SMILES string of the molecule is CCOCCCNC(=NC)NCC(C)c1ccsc1. The summed E-state index contributed by atoms with van der Waals surface area (Å²) >= 11 is 1.74. The maximum Gasteiger partial charge on any atom is 0.190 e. The van der Waals surface area contributed by atoms with Crippen molar-refractivity contribution in [2.75, 3.05) is 33.4 Å². The molecule has 1 atom stereocenters. The molecular weight excluding hydrogens is 258 g/mol. The topological polar surface area (TPSA) is 45.6 Å². The van der Waals surface area contributed by atoms with Crippen LogP contribution in [-0.4, -0.2) is 39.3 Å². The summed E-state index contributed by atoms with van der Waals surface area (Å²) in [4.78, 5) is 4.22. The predicted molar refractivity (Wildman–Crippen MR) is 83.2 cm³/mol. The molecule has 1 aromatic heterocycles. The van der Waals surface area contributed by atoms with Crippen LogP contribution < -0.4 is 10.6 Å². The Bertz CT molecular complexity index is 352. The van der Waals surface area contributed by atoms with Crippen LogP contribution >= 0.6 is 11.3 Å². The number of hydrogen-bond donors (Lipinski definition) is 2. The number of rotatable bonds is 8. The van der Waals surface area contributed by atoms with Crippen molar-refractivity contribution in [3.63, 3.8) is 0 Å². The molecule has 0 aliphatic rings. The molecule has 19 heavy (non-hydrogen) atoms. The molecule has 4 nitrogen and oxygen atoms in total. The van der Waals surface area contributed by atoms with Gasteiger partial charge < -0.3 is 15.4 Å². The van der Waals surface area contributed by atoms with Crippen molar-refractivity contribution in [3.8, 4) is 0 Å². The summed E-state index contributed by atoms with van der Waals surface area (Å²) in [5, 5.41) is 11.0. The molecule has 0 aromatic carbocycles. The first kappa shape index (κ1) is 16.0. The van der Waals surface area contributed by atoms with Crippen molar-refractivity contribution < 1.29 is 4.74 Å². The van der Waals surface area contributed by atoms with Crippen LogP contribution in [0, 0.1) is 0 Å². The van der Waals surface area contributed by atoms with E-state index in [4.69, 9.17) is 4.74 Å². The van der Waals surface area contributed by atoms with Gasteiger partial charge in [-0.3, -0.25) is 4.99 Å². The minimum Gasteiger partial charge on any atom is -0.382 e. The molecule has 108 valence electrons. The van der Waals surface area contributed by atoms with Crippen LogP contribution in [0.5, 0.6) is 0 Å². The zero-order valence-corrected chi connectivity index (χ0v) is 12.9. The van der Waals surface area contributed by atoms with Crippen LogP contribution in [-0.2, 0) is 4.74 Å². The predicted octanol–water partition coefficient (Wildman–Crippen LogP) is 2.44. The normalized spacial score (nSPS) is 13.3. The second-order valence-corrected chi connectivity index (χ2v) is 5.17. The largest absolute Gasteiger partial charge is 0.382 e. The molecule has 1 unspecified atom stereocenters. The Morgan fingerprint density at radius 1 is 1.47 bits per heavy atom. The fourth-order valence-electron chi connectivity index (χ4n) is 1.67. The number of nitrogens with one attached hydrogen (secondary N) is 2. The van der Waals surface area contributed by atoms with Crippen LogP contribution in [0.15, 0.2) is 21.8 Å². The van der Waals surface area contributed by atoms with Crippen LogP contribution in [0.4, 0.5) is 0 Å². The highest BCUT2D eigenvalue weighted by Gasteiger charge is 2.06. The van der Waals surface area contributed by atoms with Crippen LogP contribution in [0.25, 0.3) is 0 Å². The molecule has 0 bridgehead atoms. The highest BCUT2D eigenvalue weighted by atomic mass is 32.1. The summed E-state index contributed by atoms with van der Waals surface area (Å²) in [5.41, 5.74) is 1.38. The Balaban J connectivity index is 2.18. The molecular formula is C14H25N3OS. The van der Waals surface area contributed by atoms with Gasteiger partial charge in [0, 0.05) is 33.4 Å². The molecule has 0 aliphatic carbocycles. The minimum absolute atomic E-state index is 0.494. The third kappa shape index (κ3) is 6.59. The quantitative estimate of drug-likeness (QED) is 0.437. The molecule has 5 heteroatoms. The fourth-order valence-corrected chi connectivity index (χ4v) is 2.45. The number of ether oxygens (including phenoxy) is 1. The van der Waals surface area contributed by atoms with Crippen molar-refractivity contribution in [3.05, 3.63) is 22.4 Å². The van der Waals surface area contributed by atoms with Gasteiger partial charge in [-0.25, -0.2) is 0 Å². The molecule has 1 rings (SSSR count). The summed E-state index contributed by atoms with van der Waals surface area (Å²) in [6.07, 6.45) is 0.995. The number of aliphatic imine (C=N–C) groups is 1. The summed E-state index contributed by atoms with van der Waals surface area (Å²) in [6.45, 7) is 7.59. The average Bonchev–Trinajstić information content (AvgIpc) is 2.95. The third-order valence-corrected chi connectivity index (χ3v) is 3.58. The van der Waals surface area contributed by atoms with Crippen molar-refractivity contribution in [2.45, 2.75) is 26.2 Å². The first-order chi connectivity index (χ1) is 9.27. The Hall–Kier alpha value is -1.07. The van der Waals surface area contributed by atoms with Gasteiger partial charge in [-0.15, -0.1) is 0 Å². The Morgan fingerprint density at radius 2 is 2.32 bits per heavy atom. The molecule has 1 heterocycles. The Labute approximate surface area is 120 Å². The van der Waals surface area contributed by atoms with Gasteiger partial charge in [0.05, 0.1) is 0 Å². The maximum absolute atomic E-state index is 5.30. The number of hydrogen-bond acceptors (Lipinski definition) is 3. The van der Waals surface area contributed by atoms with Gasteiger partial charge in [-0.2, -0.15) is 11.3 Å². The van der Waals surface area contributed by atoms with Crippen molar-refractivity contribution in [1.29, 1.82) is 0 Å². The highest BCUT2D eigenvalue weighted by Crippen LogP contribution is 2.16. The van der Waals surface area contributed by atoms with E-state index in [2.05, 4.69) is 39.4 Å². The number of thiophene rings is 1. The molecule has 0 radical (unpaired) electrons. The van der Waals surface area contributed by atoms with E-state index in [0.29, 0.717) is 5.92 Å². The smallest absolute Gasteiger partial charge is 0.190 e. The Kier molecular flexibility index (Phi) is 8.25. The lowest BCUT2D eigenvalue weighted by Gasteiger charge is -2.15. The molecule has 1 aromatic rings. The summed E-state index contributed by atoms with van der Waals surface area (Å²) in [6, 6.07) is 2.18. The zero-order chi connectivity index (χ0) is 13.9. The summed E-state index contributed by atoms with van der Waals surface area (Å²) in [7, 11) is 1.80. The third-order valence-electron chi connectivity index (χ3n) is 2.87. The van der Waals surface area contributed by atoms with Crippen LogP contribution in [0.1, 0.15) is 31.7 Å². The zero-order valence-electron chi connectivity index (χ0n) is 12.1.